The molecule has 0 bridgehead atoms. The van der Waals surface area contributed by atoms with Crippen molar-refractivity contribution in [3.8, 4) is 5.75 Å². The van der Waals surface area contributed by atoms with Gasteiger partial charge in [-0.1, -0.05) is 17.7 Å². The maximum absolute atomic E-state index is 5.97. The maximum atomic E-state index is 5.97. The third-order valence-corrected chi connectivity index (χ3v) is 4.12. The molecule has 2 nitrogen and oxygen atoms in total. The predicted molar refractivity (Wildman–Crippen MR) is 82.4 cm³/mol. The van der Waals surface area contributed by atoms with E-state index < -0.39 is 0 Å². The van der Waals surface area contributed by atoms with E-state index in [1.807, 2.05) is 31.3 Å². The van der Waals surface area contributed by atoms with Gasteiger partial charge < -0.3 is 10.1 Å². The number of likely N-dealkylation sites (N-methyl/N-ethyl adjacent to an activating group) is 1. The molecule has 0 saturated heterocycles. The zero-order valence-corrected chi connectivity index (χ0v) is 12.9. The number of benzene rings is 1. The molecule has 0 spiro atoms. The van der Waals surface area contributed by atoms with E-state index in [1.165, 1.54) is 10.4 Å². The highest BCUT2D eigenvalue weighted by atomic mass is 35.5. The molecule has 0 fully saturated rings. The standard InChI is InChI=1S/C15H18ClNOS/c1-10-7-12(9-19-10)15(17-3)11(2)18-14-6-4-5-13(16)8-14/h4-9,11,15,17H,1-3H3. The van der Waals surface area contributed by atoms with E-state index in [2.05, 4.69) is 30.6 Å². The molecule has 2 atom stereocenters. The van der Waals surface area contributed by atoms with Crippen LogP contribution >= 0.6 is 22.9 Å². The lowest BCUT2D eigenvalue weighted by atomic mass is 10.1. The van der Waals surface area contributed by atoms with Gasteiger partial charge in [0.1, 0.15) is 11.9 Å². The molecule has 1 aromatic heterocycles. The minimum absolute atomic E-state index is 0.0254. The van der Waals surface area contributed by atoms with Crippen LogP contribution < -0.4 is 10.1 Å². The molecule has 0 aliphatic heterocycles. The van der Waals surface area contributed by atoms with E-state index in [-0.39, 0.29) is 12.1 Å². The van der Waals surface area contributed by atoms with Gasteiger partial charge in [-0.25, -0.2) is 0 Å². The van der Waals surface area contributed by atoms with Crippen molar-refractivity contribution < 1.29 is 4.74 Å². The maximum Gasteiger partial charge on any atom is 0.121 e. The molecule has 2 aromatic rings. The Kier molecular flexibility index (Phi) is 4.86. The molecule has 102 valence electrons. The highest BCUT2D eigenvalue weighted by molar-refractivity contribution is 7.10. The van der Waals surface area contributed by atoms with E-state index in [9.17, 15) is 0 Å². The summed E-state index contributed by atoms with van der Waals surface area (Å²) in [6, 6.07) is 9.87. The summed E-state index contributed by atoms with van der Waals surface area (Å²) in [6.45, 7) is 4.18. The van der Waals surface area contributed by atoms with Crippen LogP contribution in [0.3, 0.4) is 0 Å². The first-order chi connectivity index (χ1) is 9.10. The summed E-state index contributed by atoms with van der Waals surface area (Å²) >= 11 is 7.73. The Hall–Kier alpha value is -1.03. The predicted octanol–water partition coefficient (Wildman–Crippen LogP) is 4.44. The average Bonchev–Trinajstić information content (AvgIpc) is 2.76. The zero-order valence-electron chi connectivity index (χ0n) is 11.3. The average molecular weight is 296 g/mol. The Bertz CT molecular complexity index is 540. The number of nitrogens with one attached hydrogen (secondary N) is 1. The van der Waals surface area contributed by atoms with Crippen molar-refractivity contribution in [1.82, 2.24) is 5.32 Å². The van der Waals surface area contributed by atoms with E-state index in [1.54, 1.807) is 11.3 Å². The van der Waals surface area contributed by atoms with Gasteiger partial charge in [-0.3, -0.25) is 0 Å². The number of hydrogen-bond donors (Lipinski definition) is 1. The fraction of sp³-hybridized carbons (Fsp3) is 0.333. The van der Waals surface area contributed by atoms with Gasteiger partial charge in [0.05, 0.1) is 6.04 Å². The van der Waals surface area contributed by atoms with Crippen molar-refractivity contribution in [3.63, 3.8) is 0 Å². The first-order valence-electron chi connectivity index (χ1n) is 6.24. The summed E-state index contributed by atoms with van der Waals surface area (Å²) in [6.07, 6.45) is 0.0254. The van der Waals surface area contributed by atoms with E-state index >= 15 is 0 Å². The quantitative estimate of drug-likeness (QED) is 0.880. The van der Waals surface area contributed by atoms with Gasteiger partial charge in [0.25, 0.3) is 0 Å². The molecule has 2 unspecified atom stereocenters. The Labute approximate surface area is 123 Å². The molecule has 0 aliphatic rings. The molecule has 0 aliphatic carbocycles. The van der Waals surface area contributed by atoms with Gasteiger partial charge in [-0.15, -0.1) is 11.3 Å². The molecule has 1 N–H and O–H groups in total. The molecule has 2 rings (SSSR count). The Balaban J connectivity index is 2.11. The summed E-state index contributed by atoms with van der Waals surface area (Å²) in [4.78, 5) is 1.31. The second kappa shape index (κ2) is 6.42. The van der Waals surface area contributed by atoms with Gasteiger partial charge in [-0.05, 0) is 56.1 Å². The SMILES string of the molecule is CNC(c1csc(C)c1)C(C)Oc1cccc(Cl)c1. The first-order valence-corrected chi connectivity index (χ1v) is 7.50. The fourth-order valence-electron chi connectivity index (χ4n) is 2.12. The Morgan fingerprint density at radius 3 is 2.68 bits per heavy atom. The number of halogens is 1. The van der Waals surface area contributed by atoms with Gasteiger partial charge in [0.15, 0.2) is 0 Å². The van der Waals surface area contributed by atoms with Crippen LogP contribution in [0, 0.1) is 6.92 Å². The van der Waals surface area contributed by atoms with Gasteiger partial charge >= 0.3 is 0 Å². The molecule has 19 heavy (non-hydrogen) atoms. The lowest BCUT2D eigenvalue weighted by Crippen LogP contribution is -2.31. The first kappa shape index (κ1) is 14.4. The van der Waals surface area contributed by atoms with Crippen LogP contribution in [-0.2, 0) is 0 Å². The molecule has 4 heteroatoms. The second-order valence-corrected chi connectivity index (χ2v) is 6.09. The van der Waals surface area contributed by atoms with Crippen LogP contribution in [0.25, 0.3) is 0 Å². The molecular formula is C15H18ClNOS. The van der Waals surface area contributed by atoms with Crippen molar-refractivity contribution in [2.75, 3.05) is 7.05 Å². The Morgan fingerprint density at radius 1 is 1.32 bits per heavy atom. The largest absolute Gasteiger partial charge is 0.489 e. The molecule has 0 amide bonds. The third-order valence-electron chi connectivity index (χ3n) is 3.01. The molecule has 1 heterocycles. The normalized spacial score (nSPS) is 14.1. The molecule has 0 saturated carbocycles. The summed E-state index contributed by atoms with van der Waals surface area (Å²) in [7, 11) is 1.95. The second-order valence-electron chi connectivity index (χ2n) is 4.54. The van der Waals surface area contributed by atoms with Crippen molar-refractivity contribution in [2.24, 2.45) is 0 Å². The monoisotopic (exact) mass is 295 g/mol. The number of thiophene rings is 1. The molecule has 0 radical (unpaired) electrons. The zero-order chi connectivity index (χ0) is 13.8. The van der Waals surface area contributed by atoms with E-state index in [0.717, 1.165) is 5.75 Å². The van der Waals surface area contributed by atoms with Crippen LogP contribution in [0.2, 0.25) is 5.02 Å². The molecule has 1 aromatic carbocycles. The number of rotatable bonds is 5. The summed E-state index contributed by atoms with van der Waals surface area (Å²) < 4.78 is 5.97. The van der Waals surface area contributed by atoms with Crippen LogP contribution in [0.15, 0.2) is 35.7 Å². The fourth-order valence-corrected chi connectivity index (χ4v) is 3.04. The highest BCUT2D eigenvalue weighted by Gasteiger charge is 2.20. The third kappa shape index (κ3) is 3.72. The minimum Gasteiger partial charge on any atom is -0.489 e. The van der Waals surface area contributed by atoms with E-state index in [0.29, 0.717) is 5.02 Å². The number of ether oxygens (including phenoxy) is 1. The van der Waals surface area contributed by atoms with Crippen LogP contribution in [0.5, 0.6) is 5.75 Å². The number of hydrogen-bond acceptors (Lipinski definition) is 3. The highest BCUT2D eigenvalue weighted by Crippen LogP contribution is 2.26. The minimum atomic E-state index is 0.0254. The van der Waals surface area contributed by atoms with Crippen molar-refractivity contribution >= 4 is 22.9 Å². The van der Waals surface area contributed by atoms with E-state index in [4.69, 9.17) is 16.3 Å². The summed E-state index contributed by atoms with van der Waals surface area (Å²) in [5.74, 6) is 0.798. The lowest BCUT2D eigenvalue weighted by Gasteiger charge is -2.24. The lowest BCUT2D eigenvalue weighted by molar-refractivity contribution is 0.175. The molecular weight excluding hydrogens is 278 g/mol. The van der Waals surface area contributed by atoms with Gasteiger partial charge in [0.2, 0.25) is 0 Å². The van der Waals surface area contributed by atoms with Crippen molar-refractivity contribution in [2.45, 2.75) is 26.0 Å². The van der Waals surface area contributed by atoms with Crippen molar-refractivity contribution in [3.05, 3.63) is 51.2 Å². The van der Waals surface area contributed by atoms with Gasteiger partial charge in [-0.2, -0.15) is 0 Å². The topological polar surface area (TPSA) is 21.3 Å². The Morgan fingerprint density at radius 2 is 2.11 bits per heavy atom. The summed E-state index contributed by atoms with van der Waals surface area (Å²) in [5, 5.41) is 6.18. The van der Waals surface area contributed by atoms with Crippen LogP contribution in [-0.4, -0.2) is 13.2 Å². The number of aryl methyl sites for hydroxylation is 1. The summed E-state index contributed by atoms with van der Waals surface area (Å²) in [5.41, 5.74) is 1.26. The van der Waals surface area contributed by atoms with Gasteiger partial charge in [0, 0.05) is 9.90 Å². The smallest absolute Gasteiger partial charge is 0.121 e. The van der Waals surface area contributed by atoms with Crippen molar-refractivity contribution in [1.29, 1.82) is 0 Å². The van der Waals surface area contributed by atoms with Crippen LogP contribution in [0.4, 0.5) is 0 Å². The van der Waals surface area contributed by atoms with Crippen LogP contribution in [0.1, 0.15) is 23.4 Å².